The Morgan fingerprint density at radius 3 is 2.16 bits per heavy atom. The maximum absolute atomic E-state index is 14.6. The quantitative estimate of drug-likeness (QED) is 0.172. The molecule has 2 saturated heterocycles. The summed E-state index contributed by atoms with van der Waals surface area (Å²) in [5, 5.41) is 0. The van der Waals surface area contributed by atoms with Crippen molar-refractivity contribution in [3.8, 4) is 5.75 Å². The Kier molecular flexibility index (Phi) is 11.7. The van der Waals surface area contributed by atoms with E-state index in [0.717, 1.165) is 60.6 Å². The molecule has 3 heterocycles. The van der Waals surface area contributed by atoms with E-state index in [1.807, 2.05) is 83.9 Å². The molecule has 0 bridgehead atoms. The normalized spacial score (nSPS) is 16.0. The summed E-state index contributed by atoms with van der Waals surface area (Å²) in [4.78, 5) is 39.5. The molecule has 0 unspecified atom stereocenters. The van der Waals surface area contributed by atoms with E-state index in [1.54, 1.807) is 24.2 Å². The van der Waals surface area contributed by atoms with Crippen molar-refractivity contribution in [2.24, 2.45) is 5.92 Å². The molecule has 4 aromatic rings. The van der Waals surface area contributed by atoms with E-state index in [4.69, 9.17) is 14.5 Å². The maximum Gasteiger partial charge on any atom is 0.247 e. The van der Waals surface area contributed by atoms with Crippen LogP contribution >= 0.6 is 0 Å². The Hall–Kier alpha value is -4.95. The third kappa shape index (κ3) is 9.36. The Balaban J connectivity index is 1.25. The minimum absolute atomic E-state index is 0.00823. The lowest BCUT2D eigenvalue weighted by atomic mass is 9.89. The summed E-state index contributed by atoms with van der Waals surface area (Å²) in [7, 11) is 1.63. The van der Waals surface area contributed by atoms with E-state index in [9.17, 15) is 9.59 Å². The van der Waals surface area contributed by atoms with Gasteiger partial charge in [0.15, 0.2) is 0 Å². The standard InChI is InChI=1S/C41H46N4O4/c1-48-37-16-12-32(13-17-37)15-19-40(46)45(31-36-14-18-39(42-30-36)43-24-26-49-27-25-43)38(29-34-10-6-3-7-11-34)41(47)44-22-20-35(21-23-44)28-33-8-4-2-5-9-33/h2-19,30,35,38H,20-29,31H2,1H3/b19-15+/t38-/m0/s1. The van der Waals surface area contributed by atoms with Crippen LogP contribution in [0.3, 0.4) is 0 Å². The second-order valence-electron chi connectivity index (χ2n) is 12.9. The molecule has 6 rings (SSSR count). The van der Waals surface area contributed by atoms with Crippen LogP contribution in [0.5, 0.6) is 5.75 Å². The molecule has 1 aromatic heterocycles. The van der Waals surface area contributed by atoms with Crippen LogP contribution < -0.4 is 9.64 Å². The zero-order valence-corrected chi connectivity index (χ0v) is 28.3. The van der Waals surface area contributed by atoms with Gasteiger partial charge in [0.1, 0.15) is 17.6 Å². The number of nitrogens with zero attached hydrogens (tertiary/aromatic N) is 4. The van der Waals surface area contributed by atoms with Crippen molar-refractivity contribution in [2.75, 3.05) is 51.4 Å². The second-order valence-corrected chi connectivity index (χ2v) is 12.9. The van der Waals surface area contributed by atoms with Crippen LogP contribution in [-0.4, -0.2) is 79.1 Å². The molecule has 0 spiro atoms. The van der Waals surface area contributed by atoms with Crippen molar-refractivity contribution >= 4 is 23.7 Å². The first kappa shape index (κ1) is 33.9. The van der Waals surface area contributed by atoms with Gasteiger partial charge in [-0.2, -0.15) is 0 Å². The number of rotatable bonds is 12. The summed E-state index contributed by atoms with van der Waals surface area (Å²) in [6.45, 7) is 4.57. The van der Waals surface area contributed by atoms with Gasteiger partial charge in [0.2, 0.25) is 11.8 Å². The number of anilines is 1. The lowest BCUT2D eigenvalue weighted by Gasteiger charge is -2.38. The highest BCUT2D eigenvalue weighted by Gasteiger charge is 2.34. The van der Waals surface area contributed by atoms with E-state index in [0.29, 0.717) is 38.6 Å². The zero-order chi connectivity index (χ0) is 33.8. The lowest BCUT2D eigenvalue weighted by Crippen LogP contribution is -2.53. The van der Waals surface area contributed by atoms with Gasteiger partial charge >= 0.3 is 0 Å². The molecule has 0 radical (unpaired) electrons. The van der Waals surface area contributed by atoms with Gasteiger partial charge in [0.25, 0.3) is 0 Å². The number of amides is 2. The van der Waals surface area contributed by atoms with Gasteiger partial charge in [0.05, 0.1) is 20.3 Å². The van der Waals surface area contributed by atoms with Crippen LogP contribution in [-0.2, 0) is 33.7 Å². The number of aromatic nitrogens is 1. The number of hydrogen-bond donors (Lipinski definition) is 0. The molecular weight excluding hydrogens is 612 g/mol. The number of benzene rings is 3. The molecule has 3 aromatic carbocycles. The van der Waals surface area contributed by atoms with Crippen LogP contribution in [0.15, 0.2) is 109 Å². The predicted octanol–water partition coefficient (Wildman–Crippen LogP) is 6.06. The fourth-order valence-electron chi connectivity index (χ4n) is 6.69. The van der Waals surface area contributed by atoms with Crippen molar-refractivity contribution in [2.45, 2.75) is 38.3 Å². The summed E-state index contributed by atoms with van der Waals surface area (Å²) in [5.74, 6) is 1.94. The Labute approximate surface area is 290 Å². The molecular formula is C41H46N4O4. The van der Waals surface area contributed by atoms with Gasteiger partial charge in [-0.05, 0) is 71.7 Å². The first-order chi connectivity index (χ1) is 24.1. The van der Waals surface area contributed by atoms with E-state index < -0.39 is 6.04 Å². The SMILES string of the molecule is COc1ccc(/C=C/C(=O)N(Cc2ccc(N3CCOCC3)nc2)[C@@H](Cc2ccccc2)C(=O)N2CCC(Cc3ccccc3)CC2)cc1. The second kappa shape index (κ2) is 16.9. The topological polar surface area (TPSA) is 75.2 Å². The monoisotopic (exact) mass is 658 g/mol. The summed E-state index contributed by atoms with van der Waals surface area (Å²) in [6, 6.07) is 31.5. The molecule has 2 amide bonds. The van der Waals surface area contributed by atoms with E-state index in [1.165, 1.54) is 5.56 Å². The van der Waals surface area contributed by atoms with Gasteiger partial charge < -0.3 is 24.2 Å². The number of morpholine rings is 1. The number of carbonyl (C=O) groups excluding carboxylic acids is 2. The average Bonchev–Trinajstić information content (AvgIpc) is 3.17. The van der Waals surface area contributed by atoms with Crippen LogP contribution in [0.1, 0.15) is 35.1 Å². The molecule has 0 saturated carbocycles. The van der Waals surface area contributed by atoms with E-state index >= 15 is 0 Å². The number of methoxy groups -OCH3 is 1. The van der Waals surface area contributed by atoms with Crippen molar-refractivity contribution < 1.29 is 19.1 Å². The summed E-state index contributed by atoms with van der Waals surface area (Å²) in [5.41, 5.74) is 4.09. The van der Waals surface area contributed by atoms with Crippen LogP contribution in [0, 0.1) is 5.92 Å². The summed E-state index contributed by atoms with van der Waals surface area (Å²) < 4.78 is 10.8. The number of pyridine rings is 1. The van der Waals surface area contributed by atoms with Crippen LogP contribution in [0.4, 0.5) is 5.82 Å². The molecule has 8 nitrogen and oxygen atoms in total. The third-order valence-electron chi connectivity index (χ3n) is 9.54. The highest BCUT2D eigenvalue weighted by molar-refractivity contribution is 5.95. The molecule has 254 valence electrons. The largest absolute Gasteiger partial charge is 0.497 e. The molecule has 2 aliphatic heterocycles. The maximum atomic E-state index is 14.6. The van der Waals surface area contributed by atoms with Crippen LogP contribution in [0.25, 0.3) is 6.08 Å². The average molecular weight is 659 g/mol. The minimum atomic E-state index is -0.681. The van der Waals surface area contributed by atoms with E-state index in [-0.39, 0.29) is 18.4 Å². The molecule has 0 aliphatic carbocycles. The van der Waals surface area contributed by atoms with Gasteiger partial charge in [-0.15, -0.1) is 0 Å². The van der Waals surface area contributed by atoms with Crippen molar-refractivity contribution in [3.63, 3.8) is 0 Å². The first-order valence-electron chi connectivity index (χ1n) is 17.3. The smallest absolute Gasteiger partial charge is 0.247 e. The van der Waals surface area contributed by atoms with Crippen molar-refractivity contribution in [1.82, 2.24) is 14.8 Å². The molecule has 2 fully saturated rings. The Bertz CT molecular complexity index is 1650. The number of likely N-dealkylation sites (tertiary alicyclic amines) is 1. The fourth-order valence-corrected chi connectivity index (χ4v) is 6.69. The summed E-state index contributed by atoms with van der Waals surface area (Å²) in [6.07, 6.45) is 8.53. The highest BCUT2D eigenvalue weighted by atomic mass is 16.5. The summed E-state index contributed by atoms with van der Waals surface area (Å²) >= 11 is 0. The fraction of sp³-hybridized carbons (Fsp3) is 0.341. The van der Waals surface area contributed by atoms with E-state index in [2.05, 4.69) is 29.2 Å². The Morgan fingerprint density at radius 2 is 1.53 bits per heavy atom. The Morgan fingerprint density at radius 1 is 0.857 bits per heavy atom. The first-order valence-corrected chi connectivity index (χ1v) is 17.3. The number of hydrogen-bond acceptors (Lipinski definition) is 6. The number of carbonyl (C=O) groups is 2. The van der Waals surface area contributed by atoms with Crippen molar-refractivity contribution in [1.29, 1.82) is 0 Å². The molecule has 49 heavy (non-hydrogen) atoms. The van der Waals surface area contributed by atoms with Crippen LogP contribution in [0.2, 0.25) is 0 Å². The van der Waals surface area contributed by atoms with Gasteiger partial charge in [-0.25, -0.2) is 4.98 Å². The van der Waals surface area contributed by atoms with Gasteiger partial charge in [0, 0.05) is 51.4 Å². The zero-order valence-electron chi connectivity index (χ0n) is 28.3. The number of ether oxygens (including phenoxy) is 2. The van der Waals surface area contributed by atoms with Crippen molar-refractivity contribution in [3.05, 3.63) is 132 Å². The molecule has 8 heteroatoms. The minimum Gasteiger partial charge on any atom is -0.497 e. The predicted molar refractivity (Wildman–Crippen MR) is 193 cm³/mol. The molecule has 2 aliphatic rings. The molecule has 1 atom stereocenters. The lowest BCUT2D eigenvalue weighted by molar-refractivity contribution is -0.145. The highest BCUT2D eigenvalue weighted by Crippen LogP contribution is 2.25. The molecule has 0 N–H and O–H groups in total. The van der Waals surface area contributed by atoms with Gasteiger partial charge in [-0.1, -0.05) is 78.9 Å². The third-order valence-corrected chi connectivity index (χ3v) is 9.54. The van der Waals surface area contributed by atoms with Gasteiger partial charge in [-0.3, -0.25) is 9.59 Å². The number of piperidine rings is 1.